The molecule has 1 aliphatic rings. The number of nitrogens with zero attached hydrogens (tertiary/aromatic N) is 4. The molecule has 1 amide bonds. The van der Waals surface area contributed by atoms with E-state index in [-0.39, 0.29) is 23.9 Å². The summed E-state index contributed by atoms with van der Waals surface area (Å²) >= 11 is 0. The van der Waals surface area contributed by atoms with Gasteiger partial charge >= 0.3 is 0 Å². The van der Waals surface area contributed by atoms with Crippen molar-refractivity contribution in [1.29, 1.82) is 0 Å². The van der Waals surface area contributed by atoms with E-state index in [2.05, 4.69) is 5.10 Å². The van der Waals surface area contributed by atoms with Crippen LogP contribution in [0.2, 0.25) is 0 Å². The van der Waals surface area contributed by atoms with Gasteiger partial charge < -0.3 is 4.90 Å². The van der Waals surface area contributed by atoms with E-state index < -0.39 is 10.0 Å². The molecule has 0 atom stereocenters. The molecule has 31 heavy (non-hydrogen) atoms. The van der Waals surface area contributed by atoms with Crippen LogP contribution >= 0.6 is 0 Å². The van der Waals surface area contributed by atoms with Crippen LogP contribution in [0.3, 0.4) is 0 Å². The fourth-order valence-corrected chi connectivity index (χ4v) is 5.34. The van der Waals surface area contributed by atoms with Crippen LogP contribution in [0.5, 0.6) is 0 Å². The Hall–Kier alpha value is -2.97. The molecule has 1 aliphatic heterocycles. The highest BCUT2D eigenvalue weighted by Gasteiger charge is 2.31. The zero-order valence-corrected chi connectivity index (χ0v) is 18.3. The number of carbonyl (C=O) groups excluding carboxylic acids is 1. The number of benzene rings is 2. The molecule has 1 saturated heterocycles. The summed E-state index contributed by atoms with van der Waals surface area (Å²) in [5, 5.41) is 4.45. The van der Waals surface area contributed by atoms with Gasteiger partial charge in [0.15, 0.2) is 0 Å². The minimum absolute atomic E-state index is 0.0899. The van der Waals surface area contributed by atoms with Crippen molar-refractivity contribution < 1.29 is 13.2 Å². The number of hydrogen-bond acceptors (Lipinski definition) is 4. The van der Waals surface area contributed by atoms with Gasteiger partial charge in [0.05, 0.1) is 28.9 Å². The number of rotatable bonds is 6. The lowest BCUT2D eigenvalue weighted by Crippen LogP contribution is -2.50. The highest BCUT2D eigenvalue weighted by molar-refractivity contribution is 7.89. The topological polar surface area (TPSA) is 75.5 Å². The Labute approximate surface area is 183 Å². The molecule has 2 aromatic carbocycles. The van der Waals surface area contributed by atoms with Crippen LogP contribution in [0, 0.1) is 0 Å². The van der Waals surface area contributed by atoms with Gasteiger partial charge in [-0.15, -0.1) is 0 Å². The summed E-state index contributed by atoms with van der Waals surface area (Å²) in [6, 6.07) is 18.4. The maximum Gasteiger partial charge on any atom is 0.257 e. The number of piperazine rings is 1. The maximum atomic E-state index is 13.2. The fourth-order valence-electron chi connectivity index (χ4n) is 3.90. The highest BCUT2D eigenvalue weighted by atomic mass is 32.2. The van der Waals surface area contributed by atoms with Gasteiger partial charge in [-0.05, 0) is 24.1 Å². The number of aromatic nitrogens is 2. The van der Waals surface area contributed by atoms with Crippen molar-refractivity contribution in [3.8, 4) is 0 Å². The number of sulfonamides is 1. The molecule has 0 aliphatic carbocycles. The standard InChI is InChI=1S/C23H26N4O3S/c1-2-22-21(17-24-27(22)18-19-9-5-3-6-10-19)23(28)25-13-15-26(16-14-25)31(29,30)20-11-7-4-8-12-20/h3-12,17H,2,13-16,18H2,1H3. The molecule has 0 unspecified atom stereocenters. The third-order valence-electron chi connectivity index (χ3n) is 5.60. The Morgan fingerprint density at radius 2 is 1.55 bits per heavy atom. The molecule has 0 bridgehead atoms. The molecule has 4 rings (SSSR count). The first-order chi connectivity index (χ1) is 15.0. The largest absolute Gasteiger partial charge is 0.336 e. The van der Waals surface area contributed by atoms with E-state index in [0.29, 0.717) is 31.6 Å². The van der Waals surface area contributed by atoms with Gasteiger partial charge in [-0.2, -0.15) is 9.40 Å². The van der Waals surface area contributed by atoms with E-state index >= 15 is 0 Å². The van der Waals surface area contributed by atoms with E-state index in [1.54, 1.807) is 41.4 Å². The van der Waals surface area contributed by atoms with Crippen molar-refractivity contribution in [2.75, 3.05) is 26.2 Å². The second-order valence-electron chi connectivity index (χ2n) is 7.51. The molecular weight excluding hydrogens is 412 g/mol. The van der Waals surface area contributed by atoms with Gasteiger partial charge in [0, 0.05) is 26.2 Å². The van der Waals surface area contributed by atoms with E-state index in [4.69, 9.17) is 0 Å². The van der Waals surface area contributed by atoms with Gasteiger partial charge in [0.25, 0.3) is 5.91 Å². The number of carbonyl (C=O) groups is 1. The van der Waals surface area contributed by atoms with Crippen LogP contribution in [-0.2, 0) is 23.0 Å². The molecule has 162 valence electrons. The monoisotopic (exact) mass is 438 g/mol. The summed E-state index contributed by atoms with van der Waals surface area (Å²) in [4.78, 5) is 15.2. The molecule has 0 radical (unpaired) electrons. The van der Waals surface area contributed by atoms with E-state index in [0.717, 1.165) is 11.3 Å². The molecule has 3 aromatic rings. The molecule has 2 heterocycles. The van der Waals surface area contributed by atoms with E-state index in [9.17, 15) is 13.2 Å². The predicted octanol–water partition coefficient (Wildman–Crippen LogP) is 2.64. The predicted molar refractivity (Wildman–Crippen MR) is 118 cm³/mol. The first-order valence-corrected chi connectivity index (χ1v) is 11.9. The number of amides is 1. The highest BCUT2D eigenvalue weighted by Crippen LogP contribution is 2.20. The number of hydrogen-bond donors (Lipinski definition) is 0. The van der Waals surface area contributed by atoms with Gasteiger partial charge in [-0.25, -0.2) is 8.42 Å². The summed E-state index contributed by atoms with van der Waals surface area (Å²) in [6.45, 7) is 3.90. The van der Waals surface area contributed by atoms with Crippen molar-refractivity contribution in [1.82, 2.24) is 19.0 Å². The Morgan fingerprint density at radius 3 is 2.16 bits per heavy atom. The zero-order chi connectivity index (χ0) is 21.8. The van der Waals surface area contributed by atoms with Gasteiger partial charge in [-0.1, -0.05) is 55.5 Å². The SMILES string of the molecule is CCc1c(C(=O)N2CCN(S(=O)(=O)c3ccccc3)CC2)cnn1Cc1ccccc1. The molecule has 0 saturated carbocycles. The molecule has 1 fully saturated rings. The lowest BCUT2D eigenvalue weighted by Gasteiger charge is -2.34. The van der Waals surface area contributed by atoms with Crippen LogP contribution < -0.4 is 0 Å². The molecule has 8 heteroatoms. The van der Waals surface area contributed by atoms with Crippen LogP contribution in [0.15, 0.2) is 71.8 Å². The van der Waals surface area contributed by atoms with Crippen LogP contribution in [0.4, 0.5) is 0 Å². The van der Waals surface area contributed by atoms with E-state index in [1.807, 2.05) is 41.9 Å². The smallest absolute Gasteiger partial charge is 0.257 e. The Kier molecular flexibility index (Phi) is 6.20. The molecule has 0 N–H and O–H groups in total. The van der Waals surface area contributed by atoms with Crippen LogP contribution in [-0.4, -0.2) is 59.5 Å². The minimum Gasteiger partial charge on any atom is -0.336 e. The van der Waals surface area contributed by atoms with Crippen LogP contribution in [0.1, 0.15) is 28.5 Å². The van der Waals surface area contributed by atoms with Crippen LogP contribution in [0.25, 0.3) is 0 Å². The second kappa shape index (κ2) is 9.03. The Bertz CT molecular complexity index is 1140. The zero-order valence-electron chi connectivity index (χ0n) is 17.5. The average Bonchev–Trinajstić information content (AvgIpc) is 3.22. The van der Waals surface area contributed by atoms with Gasteiger partial charge in [0.2, 0.25) is 10.0 Å². The maximum absolute atomic E-state index is 13.2. The normalized spacial score (nSPS) is 15.2. The van der Waals surface area contributed by atoms with Crippen molar-refractivity contribution in [3.05, 3.63) is 83.7 Å². The molecule has 1 aromatic heterocycles. The summed E-state index contributed by atoms with van der Waals surface area (Å²) in [5.74, 6) is -0.0899. The molecular formula is C23H26N4O3S. The average molecular weight is 439 g/mol. The fraction of sp³-hybridized carbons (Fsp3) is 0.304. The second-order valence-corrected chi connectivity index (χ2v) is 9.45. The van der Waals surface area contributed by atoms with Crippen molar-refractivity contribution in [2.45, 2.75) is 24.8 Å². The summed E-state index contributed by atoms with van der Waals surface area (Å²) < 4.78 is 29.0. The first kappa shape index (κ1) is 21.3. The van der Waals surface area contributed by atoms with Gasteiger partial charge in [0.1, 0.15) is 0 Å². The Balaban J connectivity index is 1.45. The summed E-state index contributed by atoms with van der Waals surface area (Å²) in [5.41, 5.74) is 2.62. The molecule has 0 spiro atoms. The van der Waals surface area contributed by atoms with Crippen molar-refractivity contribution >= 4 is 15.9 Å². The lowest BCUT2D eigenvalue weighted by molar-refractivity contribution is 0.0696. The third kappa shape index (κ3) is 4.40. The summed E-state index contributed by atoms with van der Waals surface area (Å²) in [6.07, 6.45) is 2.33. The van der Waals surface area contributed by atoms with E-state index in [1.165, 1.54) is 4.31 Å². The van der Waals surface area contributed by atoms with Crippen molar-refractivity contribution in [2.24, 2.45) is 0 Å². The quantitative estimate of drug-likeness (QED) is 0.593. The summed E-state index contributed by atoms with van der Waals surface area (Å²) in [7, 11) is -3.54. The van der Waals surface area contributed by atoms with Gasteiger partial charge in [-0.3, -0.25) is 9.48 Å². The molecule has 7 nitrogen and oxygen atoms in total. The lowest BCUT2D eigenvalue weighted by atomic mass is 10.1. The third-order valence-corrected chi connectivity index (χ3v) is 7.51. The Morgan fingerprint density at radius 1 is 0.935 bits per heavy atom. The van der Waals surface area contributed by atoms with Crippen molar-refractivity contribution in [3.63, 3.8) is 0 Å². The first-order valence-electron chi connectivity index (χ1n) is 10.4. The minimum atomic E-state index is -3.54.